The van der Waals surface area contributed by atoms with E-state index in [1.807, 2.05) is 0 Å². The van der Waals surface area contributed by atoms with Crippen LogP contribution >= 0.6 is 0 Å². The van der Waals surface area contributed by atoms with Gasteiger partial charge in [0.2, 0.25) is 0 Å². The molecule has 3 heteroatoms. The molecule has 3 heterocycles. The first kappa shape index (κ1) is 5.65. The smallest absolute Gasteiger partial charge is 0.0811 e. The third-order valence-electron chi connectivity index (χ3n) is 2.33. The fraction of sp³-hybridized carbons (Fsp3) is 1.00. The SMILES string of the molecule is OC12CCN(CC1)NC2. The predicted molar refractivity (Wildman–Crippen MR) is 33.8 cm³/mol. The average molecular weight is 128 g/mol. The van der Waals surface area contributed by atoms with Crippen LogP contribution in [0.4, 0.5) is 0 Å². The van der Waals surface area contributed by atoms with Crippen LogP contribution in [0.1, 0.15) is 12.8 Å². The molecule has 52 valence electrons. The Hall–Kier alpha value is -0.120. The Morgan fingerprint density at radius 1 is 1.33 bits per heavy atom. The van der Waals surface area contributed by atoms with E-state index in [-0.39, 0.29) is 5.60 Å². The molecule has 0 saturated carbocycles. The van der Waals surface area contributed by atoms with Crippen LogP contribution in [0.2, 0.25) is 0 Å². The van der Waals surface area contributed by atoms with Crippen LogP contribution in [0.3, 0.4) is 0 Å². The summed E-state index contributed by atoms with van der Waals surface area (Å²) in [5, 5.41) is 11.8. The van der Waals surface area contributed by atoms with Crippen molar-refractivity contribution in [2.75, 3.05) is 19.6 Å². The Morgan fingerprint density at radius 2 is 2.00 bits per heavy atom. The molecule has 3 aliphatic rings. The van der Waals surface area contributed by atoms with E-state index in [9.17, 15) is 5.11 Å². The second kappa shape index (κ2) is 1.68. The van der Waals surface area contributed by atoms with Crippen molar-refractivity contribution in [1.29, 1.82) is 0 Å². The quantitative estimate of drug-likeness (QED) is 0.454. The lowest BCUT2D eigenvalue weighted by molar-refractivity contribution is -0.0888. The van der Waals surface area contributed by atoms with Crippen LogP contribution in [0.25, 0.3) is 0 Å². The molecule has 0 aromatic rings. The topological polar surface area (TPSA) is 35.5 Å². The minimum Gasteiger partial charge on any atom is -0.388 e. The predicted octanol–water partition coefficient (Wildman–Crippen LogP) is -0.668. The molecule has 3 fully saturated rings. The minimum atomic E-state index is -0.366. The number of rotatable bonds is 0. The summed E-state index contributed by atoms with van der Waals surface area (Å²) in [6.07, 6.45) is 1.89. The van der Waals surface area contributed by atoms with E-state index in [1.54, 1.807) is 0 Å². The van der Waals surface area contributed by atoms with Crippen LogP contribution in [0.15, 0.2) is 0 Å². The third kappa shape index (κ3) is 0.852. The van der Waals surface area contributed by atoms with Gasteiger partial charge in [0.15, 0.2) is 0 Å². The maximum absolute atomic E-state index is 9.63. The van der Waals surface area contributed by atoms with E-state index < -0.39 is 0 Å². The maximum atomic E-state index is 9.63. The summed E-state index contributed by atoms with van der Waals surface area (Å²) >= 11 is 0. The molecule has 0 aromatic carbocycles. The number of piperidine rings is 1. The fourth-order valence-electron chi connectivity index (χ4n) is 1.52. The lowest BCUT2D eigenvalue weighted by Crippen LogP contribution is -2.62. The zero-order valence-corrected chi connectivity index (χ0v) is 5.43. The van der Waals surface area contributed by atoms with Crippen molar-refractivity contribution in [1.82, 2.24) is 10.4 Å². The Labute approximate surface area is 54.6 Å². The molecule has 0 radical (unpaired) electrons. The van der Waals surface area contributed by atoms with Crippen LogP contribution in [0.5, 0.6) is 0 Å². The first-order valence-corrected chi connectivity index (χ1v) is 3.49. The highest BCUT2D eigenvalue weighted by atomic mass is 16.3. The zero-order chi connectivity index (χ0) is 6.32. The average Bonchev–Trinajstić information content (AvgIpc) is 1.90. The normalized spacial score (nSPS) is 49.7. The molecule has 3 rings (SSSR count). The molecular formula is C6H12N2O. The molecule has 0 aliphatic carbocycles. The van der Waals surface area contributed by atoms with Gasteiger partial charge in [-0.1, -0.05) is 0 Å². The summed E-state index contributed by atoms with van der Waals surface area (Å²) in [6, 6.07) is 0. The van der Waals surface area contributed by atoms with E-state index in [2.05, 4.69) is 10.4 Å². The molecule has 0 unspecified atom stereocenters. The number of hydrazine groups is 1. The number of nitrogens with one attached hydrogen (secondary N) is 1. The number of hydrogen-bond acceptors (Lipinski definition) is 3. The lowest BCUT2D eigenvalue weighted by atomic mass is 9.90. The summed E-state index contributed by atoms with van der Waals surface area (Å²) in [5.41, 5.74) is 2.78. The first-order chi connectivity index (χ1) is 4.29. The van der Waals surface area contributed by atoms with Gasteiger partial charge in [0.1, 0.15) is 0 Å². The van der Waals surface area contributed by atoms with Crippen molar-refractivity contribution in [3.8, 4) is 0 Å². The fourth-order valence-corrected chi connectivity index (χ4v) is 1.52. The van der Waals surface area contributed by atoms with Gasteiger partial charge in [-0.05, 0) is 12.8 Å². The standard InChI is InChI=1S/C6H12N2O/c9-6-1-3-8(4-2-6)7-5-6/h7,9H,1-5H2. The highest BCUT2D eigenvalue weighted by Crippen LogP contribution is 2.24. The third-order valence-corrected chi connectivity index (χ3v) is 2.33. The van der Waals surface area contributed by atoms with E-state index in [1.165, 1.54) is 0 Å². The van der Waals surface area contributed by atoms with E-state index in [0.29, 0.717) is 0 Å². The number of nitrogens with zero attached hydrogens (tertiary/aromatic N) is 1. The number of fused-ring (bicyclic) bond motifs is 3. The van der Waals surface area contributed by atoms with Gasteiger partial charge >= 0.3 is 0 Å². The second-order valence-corrected chi connectivity index (χ2v) is 3.05. The van der Waals surface area contributed by atoms with E-state index >= 15 is 0 Å². The molecule has 2 N–H and O–H groups in total. The lowest BCUT2D eigenvalue weighted by Gasteiger charge is -2.45. The molecule has 3 aliphatic heterocycles. The first-order valence-electron chi connectivity index (χ1n) is 3.49. The molecule has 3 nitrogen and oxygen atoms in total. The van der Waals surface area contributed by atoms with Gasteiger partial charge < -0.3 is 5.11 Å². The van der Waals surface area contributed by atoms with Crippen LogP contribution in [-0.4, -0.2) is 35.4 Å². The van der Waals surface area contributed by atoms with Gasteiger partial charge in [-0.25, -0.2) is 5.01 Å². The molecule has 9 heavy (non-hydrogen) atoms. The van der Waals surface area contributed by atoms with E-state index in [4.69, 9.17) is 0 Å². The second-order valence-electron chi connectivity index (χ2n) is 3.05. The molecule has 0 spiro atoms. The van der Waals surface area contributed by atoms with Crippen molar-refractivity contribution in [3.05, 3.63) is 0 Å². The van der Waals surface area contributed by atoms with Gasteiger partial charge in [0.25, 0.3) is 0 Å². The Kier molecular flexibility index (Phi) is 1.06. The molecular weight excluding hydrogens is 116 g/mol. The van der Waals surface area contributed by atoms with Gasteiger partial charge in [0, 0.05) is 19.6 Å². The molecule has 0 amide bonds. The van der Waals surface area contributed by atoms with Crippen LogP contribution in [-0.2, 0) is 0 Å². The summed E-state index contributed by atoms with van der Waals surface area (Å²) in [4.78, 5) is 0. The summed E-state index contributed by atoms with van der Waals surface area (Å²) in [7, 11) is 0. The van der Waals surface area contributed by atoms with Crippen LogP contribution in [0, 0.1) is 0 Å². The van der Waals surface area contributed by atoms with Crippen molar-refractivity contribution in [3.63, 3.8) is 0 Å². The molecule has 3 saturated heterocycles. The van der Waals surface area contributed by atoms with Gasteiger partial charge in [-0.3, -0.25) is 5.43 Å². The van der Waals surface area contributed by atoms with Crippen molar-refractivity contribution < 1.29 is 5.11 Å². The monoisotopic (exact) mass is 128 g/mol. The number of aliphatic hydroxyl groups is 1. The van der Waals surface area contributed by atoms with Gasteiger partial charge in [-0.2, -0.15) is 0 Å². The van der Waals surface area contributed by atoms with Gasteiger partial charge in [-0.15, -0.1) is 0 Å². The Bertz CT molecular complexity index is 104. The van der Waals surface area contributed by atoms with Gasteiger partial charge in [0.05, 0.1) is 5.60 Å². The molecule has 0 atom stereocenters. The maximum Gasteiger partial charge on any atom is 0.0811 e. The molecule has 0 aromatic heterocycles. The number of hydrogen-bond donors (Lipinski definition) is 2. The largest absolute Gasteiger partial charge is 0.388 e. The minimum absolute atomic E-state index is 0.366. The molecule has 2 bridgehead atoms. The van der Waals surface area contributed by atoms with E-state index in [0.717, 1.165) is 32.5 Å². The van der Waals surface area contributed by atoms with Crippen molar-refractivity contribution >= 4 is 0 Å². The summed E-state index contributed by atoms with van der Waals surface area (Å²) in [6.45, 7) is 2.78. The Morgan fingerprint density at radius 3 is 2.22 bits per heavy atom. The van der Waals surface area contributed by atoms with Crippen molar-refractivity contribution in [2.45, 2.75) is 18.4 Å². The van der Waals surface area contributed by atoms with Crippen molar-refractivity contribution in [2.24, 2.45) is 0 Å². The summed E-state index contributed by atoms with van der Waals surface area (Å²) in [5.74, 6) is 0. The highest BCUT2D eigenvalue weighted by molar-refractivity contribution is 4.90. The zero-order valence-electron chi connectivity index (χ0n) is 5.43. The summed E-state index contributed by atoms with van der Waals surface area (Å²) < 4.78 is 0. The Balaban J connectivity index is 2.11. The van der Waals surface area contributed by atoms with Crippen LogP contribution < -0.4 is 5.43 Å². The highest BCUT2D eigenvalue weighted by Gasteiger charge is 2.36.